The zero-order valence-electron chi connectivity index (χ0n) is 34.0. The molecule has 0 saturated carbocycles. The van der Waals surface area contributed by atoms with Crippen molar-refractivity contribution in [2.75, 3.05) is 115 Å². The Morgan fingerprint density at radius 3 is 1.17 bits per heavy atom. The summed E-state index contributed by atoms with van der Waals surface area (Å²) < 4.78 is 0. The lowest BCUT2D eigenvalue weighted by Crippen LogP contribution is -2.47. The van der Waals surface area contributed by atoms with Gasteiger partial charge in [0.2, 0.25) is 0 Å². The van der Waals surface area contributed by atoms with E-state index in [4.69, 9.17) is 10.2 Å². The fraction of sp³-hybridized carbons (Fsp3) is 0.435. The maximum Gasteiger partial charge on any atom is 0.159 e. The molecule has 4 aliphatic heterocycles. The molecule has 4 aromatic rings. The molecule has 0 atom stereocenters. The Bertz CT molecular complexity index is 1870. The molecule has 58 heavy (non-hydrogen) atoms. The fourth-order valence-corrected chi connectivity index (χ4v) is 10.4. The molecule has 308 valence electrons. The highest BCUT2D eigenvalue weighted by atomic mass is 32.2. The summed E-state index contributed by atoms with van der Waals surface area (Å²) >= 11 is 3.57. The van der Waals surface area contributed by atoms with Crippen LogP contribution in [0, 0.1) is 0 Å². The van der Waals surface area contributed by atoms with Crippen LogP contribution in [0.15, 0.2) is 105 Å². The van der Waals surface area contributed by atoms with Crippen molar-refractivity contribution in [3.8, 4) is 0 Å². The minimum atomic E-state index is 0.109. The van der Waals surface area contributed by atoms with E-state index in [-0.39, 0.29) is 24.8 Å². The second-order valence-electron chi connectivity index (χ2n) is 15.4. The van der Waals surface area contributed by atoms with Gasteiger partial charge in [0.15, 0.2) is 11.6 Å². The second kappa shape index (κ2) is 20.5. The number of benzene rings is 4. The molecule has 0 radical (unpaired) electrons. The second-order valence-corrected chi connectivity index (χ2v) is 17.6. The third kappa shape index (κ3) is 10.5. The summed E-state index contributed by atoms with van der Waals surface area (Å²) in [6, 6.07) is 29.2. The number of aliphatic hydroxyl groups is 2. The molecule has 0 amide bonds. The van der Waals surface area contributed by atoms with Crippen molar-refractivity contribution in [2.45, 2.75) is 46.3 Å². The first kappa shape index (κ1) is 42.4. The van der Waals surface area contributed by atoms with Gasteiger partial charge in [-0.25, -0.2) is 0 Å². The van der Waals surface area contributed by atoms with E-state index in [1.807, 2.05) is 24.3 Å². The largest absolute Gasteiger partial charge is 0.395 e. The summed E-state index contributed by atoms with van der Waals surface area (Å²) in [5.41, 5.74) is 6.31. The maximum atomic E-state index is 11.9. The van der Waals surface area contributed by atoms with Gasteiger partial charge in [0, 0.05) is 109 Å². The minimum Gasteiger partial charge on any atom is -0.395 e. The number of anilines is 4. The molecule has 0 aromatic heterocycles. The number of fused-ring (bicyclic) bond motifs is 4. The Hall–Kier alpha value is -3.72. The molecular weight excluding hydrogens is 765 g/mol. The Morgan fingerprint density at radius 1 is 0.466 bits per heavy atom. The average Bonchev–Trinajstić information content (AvgIpc) is 3.24. The van der Waals surface area contributed by atoms with Crippen LogP contribution in [-0.4, -0.2) is 146 Å². The van der Waals surface area contributed by atoms with Crippen LogP contribution in [0.4, 0.5) is 22.7 Å². The number of carbonyl (C=O) groups excluding carboxylic acids is 2. The Balaban J connectivity index is 0.000000177. The molecule has 4 aliphatic rings. The zero-order valence-corrected chi connectivity index (χ0v) is 35.7. The molecule has 2 fully saturated rings. The van der Waals surface area contributed by atoms with Crippen LogP contribution in [0.25, 0.3) is 0 Å². The van der Waals surface area contributed by atoms with Crippen molar-refractivity contribution in [3.05, 3.63) is 96.1 Å². The molecule has 10 nitrogen and oxygen atoms in total. The van der Waals surface area contributed by atoms with E-state index in [2.05, 4.69) is 90.1 Å². The smallest absolute Gasteiger partial charge is 0.159 e. The lowest BCUT2D eigenvalue weighted by atomic mass is 10.1. The normalized spacial score (nSPS) is 17.1. The van der Waals surface area contributed by atoms with E-state index >= 15 is 0 Å². The summed E-state index contributed by atoms with van der Waals surface area (Å²) in [5, 5.41) is 18.2. The van der Waals surface area contributed by atoms with E-state index in [9.17, 15) is 9.59 Å². The van der Waals surface area contributed by atoms with E-state index in [0.717, 1.165) is 127 Å². The van der Waals surface area contributed by atoms with Crippen LogP contribution < -0.4 is 9.80 Å². The van der Waals surface area contributed by atoms with E-state index < -0.39 is 0 Å². The quantitative estimate of drug-likeness (QED) is 0.129. The van der Waals surface area contributed by atoms with Gasteiger partial charge in [-0.2, -0.15) is 0 Å². The third-order valence-electron chi connectivity index (χ3n) is 11.5. The predicted molar refractivity (Wildman–Crippen MR) is 237 cm³/mol. The monoisotopic (exact) mass is 822 g/mol. The van der Waals surface area contributed by atoms with Crippen molar-refractivity contribution in [2.24, 2.45) is 0 Å². The first-order valence-electron chi connectivity index (χ1n) is 20.8. The summed E-state index contributed by atoms with van der Waals surface area (Å²) in [4.78, 5) is 43.3. The molecule has 0 aliphatic carbocycles. The number of para-hydroxylation sites is 2. The molecule has 2 N–H and O–H groups in total. The van der Waals surface area contributed by atoms with Gasteiger partial charge < -0.3 is 29.8 Å². The lowest BCUT2D eigenvalue weighted by molar-refractivity contribution is 0.100. The van der Waals surface area contributed by atoms with Gasteiger partial charge >= 0.3 is 0 Å². The minimum absolute atomic E-state index is 0.109. The molecule has 12 heteroatoms. The number of rotatable bonds is 14. The summed E-state index contributed by atoms with van der Waals surface area (Å²) in [5.74, 6) is 0.217. The Kier molecular flexibility index (Phi) is 15.0. The highest BCUT2D eigenvalue weighted by Gasteiger charge is 2.26. The first-order valence-corrected chi connectivity index (χ1v) is 22.4. The van der Waals surface area contributed by atoms with Crippen LogP contribution in [0.3, 0.4) is 0 Å². The van der Waals surface area contributed by atoms with E-state index in [1.165, 1.54) is 31.0 Å². The predicted octanol–water partition coefficient (Wildman–Crippen LogP) is 6.98. The van der Waals surface area contributed by atoms with Crippen LogP contribution in [0.1, 0.15) is 47.4 Å². The van der Waals surface area contributed by atoms with Crippen molar-refractivity contribution < 1.29 is 19.8 Å². The Labute approximate surface area is 352 Å². The number of carbonyl (C=O) groups is 2. The lowest BCUT2D eigenvalue weighted by Gasteiger charge is -2.36. The molecule has 8 rings (SSSR count). The summed E-state index contributed by atoms with van der Waals surface area (Å²) in [7, 11) is 0. The first-order chi connectivity index (χ1) is 28.3. The van der Waals surface area contributed by atoms with Gasteiger partial charge in [-0.05, 0) is 88.3 Å². The van der Waals surface area contributed by atoms with E-state index in [0.29, 0.717) is 0 Å². The van der Waals surface area contributed by atoms with Gasteiger partial charge in [0.05, 0.1) is 36.0 Å². The molecule has 4 aromatic carbocycles. The number of β-amino-alcohol motifs (C(OH)–C–C–N with tert-alkyl or cyclic N) is 2. The number of nitrogens with zero attached hydrogens (tertiary/aromatic N) is 6. The SMILES string of the molecule is CC(=O)c1ccc2c(c1)N(CCCN1CCN(CCO)CC1)c1ccccc1S2.CC(=O)c1ccc2c(c1)N(CCCN1CCN(CCO)CC1)c1ccccc1S2. The molecular formula is C46H58N6O4S2. The number of hydrogen-bond donors (Lipinski definition) is 2. The van der Waals surface area contributed by atoms with Crippen LogP contribution in [0.2, 0.25) is 0 Å². The van der Waals surface area contributed by atoms with Gasteiger partial charge in [0.1, 0.15) is 0 Å². The van der Waals surface area contributed by atoms with Crippen molar-refractivity contribution in [1.82, 2.24) is 19.6 Å². The Morgan fingerprint density at radius 2 is 0.810 bits per heavy atom. The number of ketones is 2. The van der Waals surface area contributed by atoms with Crippen LogP contribution >= 0.6 is 23.5 Å². The number of Topliss-reactive ketones (excluding diaryl/α,β-unsaturated/α-hetero) is 2. The third-order valence-corrected chi connectivity index (χ3v) is 13.8. The van der Waals surface area contributed by atoms with Crippen molar-refractivity contribution in [3.63, 3.8) is 0 Å². The molecule has 0 unspecified atom stereocenters. The number of piperazine rings is 2. The molecule has 0 bridgehead atoms. The van der Waals surface area contributed by atoms with Gasteiger partial charge in [-0.15, -0.1) is 0 Å². The standard InChI is InChI=1S/2C23H29N3O2S/c2*1-18(28)19-7-8-23-21(17-19)26(20-5-2-3-6-22(20)29-23)10-4-9-24-11-13-25(14-12-24)15-16-27/h2*2-3,5-8,17,27H,4,9-16H2,1H3. The van der Waals surface area contributed by atoms with Gasteiger partial charge in [-0.1, -0.05) is 59.9 Å². The molecule has 2 saturated heterocycles. The molecule has 0 spiro atoms. The number of hydrogen-bond acceptors (Lipinski definition) is 12. The van der Waals surface area contributed by atoms with Crippen LogP contribution in [0.5, 0.6) is 0 Å². The van der Waals surface area contributed by atoms with Crippen molar-refractivity contribution in [1.29, 1.82) is 0 Å². The highest BCUT2D eigenvalue weighted by Crippen LogP contribution is 2.49. The van der Waals surface area contributed by atoms with Crippen LogP contribution in [-0.2, 0) is 0 Å². The fourth-order valence-electron chi connectivity index (χ4n) is 8.24. The summed E-state index contributed by atoms with van der Waals surface area (Å²) in [6.45, 7) is 17.7. The summed E-state index contributed by atoms with van der Waals surface area (Å²) in [6.07, 6.45) is 2.14. The molecule has 4 heterocycles. The number of aliphatic hydroxyl groups excluding tert-OH is 2. The zero-order chi connectivity index (χ0) is 40.4. The van der Waals surface area contributed by atoms with E-state index in [1.54, 1.807) is 37.4 Å². The average molecular weight is 823 g/mol. The highest BCUT2D eigenvalue weighted by molar-refractivity contribution is 8.00. The van der Waals surface area contributed by atoms with Gasteiger partial charge in [-0.3, -0.25) is 19.4 Å². The van der Waals surface area contributed by atoms with Gasteiger partial charge in [0.25, 0.3) is 0 Å². The van der Waals surface area contributed by atoms with Crippen molar-refractivity contribution >= 4 is 57.8 Å². The maximum absolute atomic E-state index is 11.9. The topological polar surface area (TPSA) is 94.0 Å².